The summed E-state index contributed by atoms with van der Waals surface area (Å²) in [5.41, 5.74) is 3.85. The van der Waals surface area contributed by atoms with Crippen LogP contribution in [0.15, 0.2) is 23.8 Å². The van der Waals surface area contributed by atoms with Gasteiger partial charge >= 0.3 is 0 Å². The molecule has 0 unspecified atom stereocenters. The van der Waals surface area contributed by atoms with E-state index in [-0.39, 0.29) is 0 Å². The Kier molecular flexibility index (Phi) is 7.16. The Morgan fingerprint density at radius 3 is 2.13 bits per heavy atom. The summed E-state index contributed by atoms with van der Waals surface area (Å²) in [6, 6.07) is 8.51. The average molecular weight is 314 g/mol. The largest absolute Gasteiger partial charge is 0.496 e. The molecule has 0 fully saturated rings. The second-order valence-electron chi connectivity index (χ2n) is 6.94. The number of hydrogen-bond acceptors (Lipinski definition) is 3. The molecule has 0 aliphatic carbocycles. The SMILES string of the molecule is COc1cc(N(CC(C)C)CC(C)C)ccc1C(C)=C(C)C#N. The van der Waals surface area contributed by atoms with E-state index in [0.29, 0.717) is 11.8 Å². The summed E-state index contributed by atoms with van der Waals surface area (Å²) in [6.07, 6.45) is 0. The molecule has 0 amide bonds. The van der Waals surface area contributed by atoms with Crippen LogP contribution in [0.2, 0.25) is 0 Å². The molecule has 126 valence electrons. The van der Waals surface area contributed by atoms with Crippen LogP contribution in [0.1, 0.15) is 47.1 Å². The van der Waals surface area contributed by atoms with Crippen molar-refractivity contribution < 1.29 is 4.74 Å². The third-order valence-corrected chi connectivity index (χ3v) is 3.86. The smallest absolute Gasteiger partial charge is 0.128 e. The standard InChI is InChI=1S/C20H30N2O/c1-14(2)12-22(13-15(3)4)18-8-9-19(20(10-18)23-7)17(6)16(5)11-21/h8-10,14-15H,12-13H2,1-7H3. The van der Waals surface area contributed by atoms with Gasteiger partial charge in [0.2, 0.25) is 0 Å². The van der Waals surface area contributed by atoms with Crippen molar-refractivity contribution in [2.24, 2.45) is 11.8 Å². The Bertz CT molecular complexity index is 584. The van der Waals surface area contributed by atoms with Gasteiger partial charge in [0.25, 0.3) is 0 Å². The van der Waals surface area contributed by atoms with E-state index in [1.165, 1.54) is 5.69 Å². The molecule has 0 aliphatic rings. The van der Waals surface area contributed by atoms with E-state index in [4.69, 9.17) is 10.00 Å². The van der Waals surface area contributed by atoms with Gasteiger partial charge in [-0.15, -0.1) is 0 Å². The third kappa shape index (κ3) is 5.32. The van der Waals surface area contributed by atoms with Gasteiger partial charge < -0.3 is 9.64 Å². The van der Waals surface area contributed by atoms with Crippen LogP contribution < -0.4 is 9.64 Å². The Labute approximate surface area is 141 Å². The van der Waals surface area contributed by atoms with Gasteiger partial charge in [0.1, 0.15) is 5.75 Å². The van der Waals surface area contributed by atoms with E-state index in [2.05, 4.69) is 56.9 Å². The molecule has 0 radical (unpaired) electrons. The molecule has 0 heterocycles. The second kappa shape index (κ2) is 8.62. The minimum atomic E-state index is 0.599. The highest BCUT2D eigenvalue weighted by Crippen LogP contribution is 2.32. The number of benzene rings is 1. The molecular weight excluding hydrogens is 284 g/mol. The van der Waals surface area contributed by atoms with Gasteiger partial charge in [0, 0.05) is 36.0 Å². The maximum atomic E-state index is 9.11. The number of nitrogens with zero attached hydrogens (tertiary/aromatic N) is 2. The van der Waals surface area contributed by atoms with Crippen LogP contribution in [0.25, 0.3) is 5.57 Å². The number of allylic oxidation sites excluding steroid dienone is 2. The average Bonchev–Trinajstić information content (AvgIpc) is 2.51. The maximum Gasteiger partial charge on any atom is 0.128 e. The third-order valence-electron chi connectivity index (χ3n) is 3.86. The second-order valence-corrected chi connectivity index (χ2v) is 6.94. The minimum Gasteiger partial charge on any atom is -0.496 e. The van der Waals surface area contributed by atoms with Crippen molar-refractivity contribution in [2.75, 3.05) is 25.1 Å². The lowest BCUT2D eigenvalue weighted by Gasteiger charge is -2.29. The fourth-order valence-electron chi connectivity index (χ4n) is 2.64. The van der Waals surface area contributed by atoms with Crippen molar-refractivity contribution in [1.82, 2.24) is 0 Å². The zero-order chi connectivity index (χ0) is 17.6. The van der Waals surface area contributed by atoms with Gasteiger partial charge in [0.05, 0.1) is 13.2 Å². The summed E-state index contributed by atoms with van der Waals surface area (Å²) in [6.45, 7) is 14.8. The van der Waals surface area contributed by atoms with Gasteiger partial charge in [-0.25, -0.2) is 0 Å². The fraction of sp³-hybridized carbons (Fsp3) is 0.550. The minimum absolute atomic E-state index is 0.599. The van der Waals surface area contributed by atoms with Crippen LogP contribution in [0.5, 0.6) is 5.75 Å². The lowest BCUT2D eigenvalue weighted by molar-refractivity contribution is 0.413. The van der Waals surface area contributed by atoms with E-state index in [9.17, 15) is 0 Å². The number of hydrogen-bond donors (Lipinski definition) is 0. The highest BCUT2D eigenvalue weighted by atomic mass is 16.5. The molecule has 0 saturated heterocycles. The summed E-state index contributed by atoms with van der Waals surface area (Å²) in [5.74, 6) is 2.02. The normalized spacial score (nSPS) is 12.2. The molecule has 23 heavy (non-hydrogen) atoms. The Hall–Kier alpha value is -1.95. The Morgan fingerprint density at radius 2 is 1.70 bits per heavy atom. The zero-order valence-corrected chi connectivity index (χ0v) is 15.6. The van der Waals surface area contributed by atoms with Gasteiger partial charge in [-0.2, -0.15) is 5.26 Å². The summed E-state index contributed by atoms with van der Waals surface area (Å²) < 4.78 is 5.59. The topological polar surface area (TPSA) is 36.3 Å². The highest BCUT2D eigenvalue weighted by molar-refractivity contribution is 5.75. The van der Waals surface area contributed by atoms with E-state index < -0.39 is 0 Å². The van der Waals surface area contributed by atoms with Crippen molar-refractivity contribution in [3.05, 3.63) is 29.3 Å². The molecule has 1 aromatic carbocycles. The van der Waals surface area contributed by atoms with Crippen molar-refractivity contribution in [3.63, 3.8) is 0 Å². The summed E-state index contributed by atoms with van der Waals surface area (Å²) >= 11 is 0. The molecular formula is C20H30N2O. The van der Waals surface area contributed by atoms with E-state index >= 15 is 0 Å². The molecule has 1 aromatic rings. The number of nitriles is 1. The first-order valence-electron chi connectivity index (χ1n) is 8.31. The molecule has 3 nitrogen and oxygen atoms in total. The van der Waals surface area contributed by atoms with Gasteiger partial charge in [0.15, 0.2) is 0 Å². The monoisotopic (exact) mass is 314 g/mol. The molecule has 0 N–H and O–H groups in total. The van der Waals surface area contributed by atoms with Gasteiger partial charge in [-0.05, 0) is 43.4 Å². The molecule has 0 aromatic heterocycles. The fourth-order valence-corrected chi connectivity index (χ4v) is 2.64. The molecule has 3 heteroatoms. The summed E-state index contributed by atoms with van der Waals surface area (Å²) in [5, 5.41) is 9.11. The van der Waals surface area contributed by atoms with E-state index in [0.717, 1.165) is 35.5 Å². The summed E-state index contributed by atoms with van der Waals surface area (Å²) in [4.78, 5) is 2.41. The number of ether oxygens (including phenoxy) is 1. The zero-order valence-electron chi connectivity index (χ0n) is 15.6. The summed E-state index contributed by atoms with van der Waals surface area (Å²) in [7, 11) is 1.69. The van der Waals surface area contributed by atoms with Crippen molar-refractivity contribution in [1.29, 1.82) is 5.26 Å². The van der Waals surface area contributed by atoms with Crippen LogP contribution >= 0.6 is 0 Å². The first kappa shape index (κ1) is 19.1. The van der Waals surface area contributed by atoms with Crippen LogP contribution in [0.3, 0.4) is 0 Å². The molecule has 0 atom stereocenters. The highest BCUT2D eigenvalue weighted by Gasteiger charge is 2.14. The maximum absolute atomic E-state index is 9.11. The van der Waals surface area contributed by atoms with Crippen molar-refractivity contribution in [3.8, 4) is 11.8 Å². The van der Waals surface area contributed by atoms with Crippen LogP contribution in [-0.2, 0) is 0 Å². The number of methoxy groups -OCH3 is 1. The number of rotatable bonds is 7. The first-order chi connectivity index (χ1) is 10.8. The predicted molar refractivity (Wildman–Crippen MR) is 98.8 cm³/mol. The molecule has 1 rings (SSSR count). The predicted octanol–water partition coefficient (Wildman–Crippen LogP) is 5.13. The van der Waals surface area contributed by atoms with Crippen LogP contribution in [0.4, 0.5) is 5.69 Å². The Morgan fingerprint density at radius 1 is 1.13 bits per heavy atom. The lowest BCUT2D eigenvalue weighted by Crippen LogP contribution is -2.31. The quantitative estimate of drug-likeness (QED) is 0.654. The molecule has 0 aliphatic heterocycles. The van der Waals surface area contributed by atoms with E-state index in [1.807, 2.05) is 13.8 Å². The first-order valence-corrected chi connectivity index (χ1v) is 8.31. The van der Waals surface area contributed by atoms with Gasteiger partial charge in [-0.3, -0.25) is 0 Å². The van der Waals surface area contributed by atoms with Crippen LogP contribution in [-0.4, -0.2) is 20.2 Å². The van der Waals surface area contributed by atoms with Gasteiger partial charge in [-0.1, -0.05) is 27.7 Å². The van der Waals surface area contributed by atoms with Crippen molar-refractivity contribution in [2.45, 2.75) is 41.5 Å². The Balaban J connectivity index is 3.26. The van der Waals surface area contributed by atoms with Crippen LogP contribution in [0, 0.1) is 23.2 Å². The lowest BCUT2D eigenvalue weighted by atomic mass is 10.0. The van der Waals surface area contributed by atoms with E-state index in [1.54, 1.807) is 7.11 Å². The molecule has 0 saturated carbocycles. The molecule has 0 spiro atoms. The number of anilines is 1. The van der Waals surface area contributed by atoms with Crippen molar-refractivity contribution >= 4 is 11.3 Å². The molecule has 0 bridgehead atoms.